The van der Waals surface area contributed by atoms with Crippen LogP contribution in [-0.4, -0.2) is 67.7 Å². The molecule has 2 fully saturated rings. The zero-order valence-corrected chi connectivity index (χ0v) is 19.4. The fourth-order valence-electron chi connectivity index (χ4n) is 4.67. The maximum Gasteiger partial charge on any atom is 0.194 e. The molecular formula is C26H38N4O2. The molecule has 0 aliphatic carbocycles. The molecule has 32 heavy (non-hydrogen) atoms. The van der Waals surface area contributed by atoms with E-state index in [1.807, 2.05) is 12.1 Å². The van der Waals surface area contributed by atoms with Crippen LogP contribution in [0.25, 0.3) is 0 Å². The normalized spacial score (nSPS) is 20.7. The first-order valence-electron chi connectivity index (χ1n) is 12.2. The average Bonchev–Trinajstić information content (AvgIpc) is 3.51. The number of aliphatic imine (C=N–C) groups is 1. The van der Waals surface area contributed by atoms with Crippen molar-refractivity contribution in [1.29, 1.82) is 0 Å². The van der Waals surface area contributed by atoms with Crippen LogP contribution in [0.15, 0.2) is 58.1 Å². The van der Waals surface area contributed by atoms with Crippen LogP contribution in [0, 0.1) is 5.92 Å². The number of ether oxygens (including phenoxy) is 1. The summed E-state index contributed by atoms with van der Waals surface area (Å²) in [4.78, 5) is 9.99. The number of guanidine groups is 1. The van der Waals surface area contributed by atoms with Crippen LogP contribution in [0.1, 0.15) is 37.5 Å². The Morgan fingerprint density at radius 3 is 2.69 bits per heavy atom. The molecule has 1 atom stereocenters. The predicted molar refractivity (Wildman–Crippen MR) is 129 cm³/mol. The molecule has 0 radical (unpaired) electrons. The molecule has 0 saturated carbocycles. The first kappa shape index (κ1) is 22.9. The van der Waals surface area contributed by atoms with Crippen LogP contribution in [0.5, 0.6) is 0 Å². The highest BCUT2D eigenvalue weighted by atomic mass is 16.5. The van der Waals surface area contributed by atoms with Crippen LogP contribution in [0.2, 0.25) is 0 Å². The number of furan rings is 1. The Kier molecular flexibility index (Phi) is 8.63. The molecule has 4 rings (SSSR count). The van der Waals surface area contributed by atoms with Crippen molar-refractivity contribution >= 4 is 5.96 Å². The number of nitrogens with zero attached hydrogens (tertiary/aromatic N) is 3. The molecular weight excluding hydrogens is 400 g/mol. The van der Waals surface area contributed by atoms with Gasteiger partial charge in [0.25, 0.3) is 0 Å². The predicted octanol–water partition coefficient (Wildman–Crippen LogP) is 3.79. The summed E-state index contributed by atoms with van der Waals surface area (Å²) in [5, 5.41) is 3.82. The number of piperidine rings is 1. The number of benzene rings is 1. The van der Waals surface area contributed by atoms with Crippen LogP contribution >= 0.6 is 0 Å². The number of hydrogen-bond donors (Lipinski definition) is 1. The minimum atomic E-state index is 0.482. The van der Waals surface area contributed by atoms with Crippen LogP contribution in [-0.2, 0) is 17.7 Å². The molecule has 2 saturated heterocycles. The van der Waals surface area contributed by atoms with E-state index >= 15 is 0 Å². The number of hydrogen-bond acceptors (Lipinski definition) is 4. The monoisotopic (exact) mass is 438 g/mol. The molecule has 1 aromatic carbocycles. The third-order valence-corrected chi connectivity index (χ3v) is 6.51. The van der Waals surface area contributed by atoms with E-state index in [4.69, 9.17) is 14.1 Å². The Balaban J connectivity index is 1.30. The lowest BCUT2D eigenvalue weighted by Gasteiger charge is -2.34. The van der Waals surface area contributed by atoms with Crippen molar-refractivity contribution in [2.45, 2.75) is 45.2 Å². The zero-order chi connectivity index (χ0) is 22.0. The van der Waals surface area contributed by atoms with Crippen LogP contribution in [0.3, 0.4) is 0 Å². The Bertz CT molecular complexity index is 800. The standard InChI is InChI=1S/C26H38N4O2/c1-2-31-21-23-11-17-30(20-23)26(27-14-10-25-9-6-18-32-25)28-24-12-15-29(16-13-24)19-22-7-4-3-5-8-22/h3-9,18,23-24H,2,10-17,19-21H2,1H3,(H,27,28). The molecule has 0 spiro atoms. The third-order valence-electron chi connectivity index (χ3n) is 6.51. The topological polar surface area (TPSA) is 53.2 Å². The van der Waals surface area contributed by atoms with E-state index in [1.54, 1.807) is 6.26 Å². The van der Waals surface area contributed by atoms with Crippen molar-refractivity contribution in [1.82, 2.24) is 15.1 Å². The Morgan fingerprint density at radius 1 is 1.09 bits per heavy atom. The summed E-state index contributed by atoms with van der Waals surface area (Å²) in [7, 11) is 0. The molecule has 174 valence electrons. The summed E-state index contributed by atoms with van der Waals surface area (Å²) >= 11 is 0. The molecule has 1 aromatic heterocycles. The smallest absolute Gasteiger partial charge is 0.194 e. The summed E-state index contributed by atoms with van der Waals surface area (Å²) in [5.74, 6) is 2.66. The minimum absolute atomic E-state index is 0.482. The summed E-state index contributed by atoms with van der Waals surface area (Å²) in [6.07, 6.45) is 6.05. The van der Waals surface area contributed by atoms with Gasteiger partial charge in [-0.25, -0.2) is 0 Å². The van der Waals surface area contributed by atoms with Crippen molar-refractivity contribution in [3.05, 3.63) is 60.1 Å². The van der Waals surface area contributed by atoms with Gasteiger partial charge >= 0.3 is 0 Å². The molecule has 1 N–H and O–H groups in total. The van der Waals surface area contributed by atoms with Crippen molar-refractivity contribution in [3.8, 4) is 0 Å². The quantitative estimate of drug-likeness (QED) is 0.477. The highest BCUT2D eigenvalue weighted by Crippen LogP contribution is 2.19. The van der Waals surface area contributed by atoms with Gasteiger partial charge in [-0.1, -0.05) is 30.3 Å². The summed E-state index contributed by atoms with van der Waals surface area (Å²) < 4.78 is 11.2. The average molecular weight is 439 g/mol. The first-order chi connectivity index (χ1) is 15.8. The van der Waals surface area contributed by atoms with Gasteiger partial charge in [-0.3, -0.25) is 9.89 Å². The highest BCUT2D eigenvalue weighted by molar-refractivity contribution is 5.80. The van der Waals surface area contributed by atoms with E-state index < -0.39 is 0 Å². The van der Waals surface area contributed by atoms with E-state index in [-0.39, 0.29) is 0 Å². The molecule has 0 bridgehead atoms. The number of nitrogens with one attached hydrogen (secondary N) is 1. The summed E-state index contributed by atoms with van der Waals surface area (Å²) in [6, 6.07) is 15.2. The Hall–Kier alpha value is -2.31. The van der Waals surface area contributed by atoms with Crippen molar-refractivity contribution in [2.75, 3.05) is 45.9 Å². The molecule has 1 unspecified atom stereocenters. The lowest BCUT2D eigenvalue weighted by atomic mass is 10.0. The lowest BCUT2D eigenvalue weighted by Crippen LogP contribution is -2.49. The number of likely N-dealkylation sites (tertiary alicyclic amines) is 2. The van der Waals surface area contributed by atoms with Gasteiger partial charge in [0.05, 0.1) is 12.9 Å². The maximum atomic E-state index is 5.68. The fraction of sp³-hybridized carbons (Fsp3) is 0.577. The van der Waals surface area contributed by atoms with Gasteiger partial charge in [0.2, 0.25) is 0 Å². The molecule has 2 aliphatic rings. The van der Waals surface area contributed by atoms with Crippen LogP contribution < -0.4 is 5.32 Å². The fourth-order valence-corrected chi connectivity index (χ4v) is 4.67. The van der Waals surface area contributed by atoms with Crippen molar-refractivity contribution < 1.29 is 9.15 Å². The van der Waals surface area contributed by atoms with Gasteiger partial charge in [-0.05, 0) is 43.9 Å². The third kappa shape index (κ3) is 6.84. The van der Waals surface area contributed by atoms with Gasteiger partial charge in [0, 0.05) is 64.3 Å². The molecule has 0 amide bonds. The van der Waals surface area contributed by atoms with Gasteiger partial charge < -0.3 is 19.4 Å². The van der Waals surface area contributed by atoms with Gasteiger partial charge in [-0.15, -0.1) is 0 Å². The Morgan fingerprint density at radius 2 is 1.94 bits per heavy atom. The largest absolute Gasteiger partial charge is 0.469 e. The van der Waals surface area contributed by atoms with E-state index in [1.165, 1.54) is 12.0 Å². The minimum Gasteiger partial charge on any atom is -0.469 e. The second kappa shape index (κ2) is 12.1. The van der Waals surface area contributed by atoms with E-state index in [0.717, 1.165) is 83.5 Å². The Labute approximate surface area is 192 Å². The number of rotatable bonds is 9. The first-order valence-corrected chi connectivity index (χ1v) is 12.2. The van der Waals surface area contributed by atoms with E-state index in [9.17, 15) is 0 Å². The highest BCUT2D eigenvalue weighted by Gasteiger charge is 2.27. The molecule has 2 aromatic rings. The lowest BCUT2D eigenvalue weighted by molar-refractivity contribution is 0.114. The van der Waals surface area contributed by atoms with Crippen molar-refractivity contribution in [3.63, 3.8) is 0 Å². The van der Waals surface area contributed by atoms with Crippen LogP contribution in [0.4, 0.5) is 0 Å². The van der Waals surface area contributed by atoms with Gasteiger partial charge in [0.1, 0.15) is 5.76 Å². The van der Waals surface area contributed by atoms with E-state index in [2.05, 4.69) is 52.4 Å². The summed E-state index contributed by atoms with van der Waals surface area (Å²) in [5.41, 5.74) is 1.40. The molecule has 6 heteroatoms. The molecule has 2 aliphatic heterocycles. The van der Waals surface area contributed by atoms with Gasteiger partial charge in [-0.2, -0.15) is 0 Å². The zero-order valence-electron chi connectivity index (χ0n) is 19.4. The summed E-state index contributed by atoms with van der Waals surface area (Å²) in [6.45, 7) is 9.83. The molecule has 3 heterocycles. The second-order valence-electron chi connectivity index (χ2n) is 8.98. The SMILES string of the molecule is CCOCC1CCN(C(=NCCc2ccco2)NC2CCN(Cc3ccccc3)CC2)C1. The van der Waals surface area contributed by atoms with E-state index in [0.29, 0.717) is 12.0 Å². The second-order valence-corrected chi connectivity index (χ2v) is 8.98. The van der Waals surface area contributed by atoms with Crippen molar-refractivity contribution in [2.24, 2.45) is 10.9 Å². The molecule has 6 nitrogen and oxygen atoms in total. The van der Waals surface area contributed by atoms with Gasteiger partial charge in [0.15, 0.2) is 5.96 Å². The maximum absolute atomic E-state index is 5.68.